The molecule has 0 bridgehead atoms. The number of carbonyl (C=O) groups excluding carboxylic acids is 1. The number of carbonyl (C=O) groups is 1. The predicted octanol–water partition coefficient (Wildman–Crippen LogP) is 2.14. The van der Waals surface area contributed by atoms with Crippen LogP contribution in [0.25, 0.3) is 0 Å². The Kier molecular flexibility index (Phi) is 7.93. The molecule has 1 saturated carbocycles. The Bertz CT molecular complexity index is 321. The van der Waals surface area contributed by atoms with E-state index in [0.717, 1.165) is 18.4 Å². The summed E-state index contributed by atoms with van der Waals surface area (Å²) in [6, 6.07) is 0.615. The Labute approximate surface area is 115 Å². The third-order valence-electron chi connectivity index (χ3n) is 3.29. The highest BCUT2D eigenvalue weighted by molar-refractivity contribution is 5.64. The first-order chi connectivity index (χ1) is 9.22. The second-order valence-corrected chi connectivity index (χ2v) is 4.87. The van der Waals surface area contributed by atoms with E-state index in [0.29, 0.717) is 12.6 Å². The molecule has 0 aromatic heterocycles. The molecule has 5 N–H and O–H groups in total. The number of hydrogen-bond donors (Lipinski definition) is 3. The molecule has 108 valence electrons. The Balaban J connectivity index is 0.000000200. The van der Waals surface area contributed by atoms with Gasteiger partial charge in [-0.05, 0) is 31.3 Å². The number of rotatable bonds is 3. The summed E-state index contributed by atoms with van der Waals surface area (Å²) in [4.78, 5) is 10.2. The van der Waals surface area contributed by atoms with Crippen LogP contribution in [0.4, 0.5) is 4.79 Å². The van der Waals surface area contributed by atoms with Gasteiger partial charge in [-0.2, -0.15) is 0 Å². The molecule has 0 heterocycles. The number of primary amides is 1. The van der Waals surface area contributed by atoms with Crippen molar-refractivity contribution in [3.05, 3.63) is 23.8 Å². The molecule has 0 aliphatic heterocycles. The second kappa shape index (κ2) is 9.58. The van der Waals surface area contributed by atoms with E-state index in [1.165, 1.54) is 32.1 Å². The van der Waals surface area contributed by atoms with E-state index in [2.05, 4.69) is 16.2 Å². The van der Waals surface area contributed by atoms with E-state index in [1.807, 2.05) is 12.2 Å². The minimum Gasteiger partial charge on any atom is -0.445 e. The largest absolute Gasteiger partial charge is 0.445 e. The maximum absolute atomic E-state index is 10.2. The number of amides is 1. The van der Waals surface area contributed by atoms with Gasteiger partial charge in [0, 0.05) is 6.04 Å². The molecule has 0 saturated heterocycles. The smallest absolute Gasteiger partial charge is 0.404 e. The first kappa shape index (κ1) is 15.7. The van der Waals surface area contributed by atoms with Gasteiger partial charge in [0.2, 0.25) is 0 Å². The number of nitrogens with two attached hydrogens (primary N) is 2. The molecule has 2 aliphatic rings. The second-order valence-electron chi connectivity index (χ2n) is 4.87. The highest BCUT2D eigenvalue weighted by Crippen LogP contribution is 2.16. The van der Waals surface area contributed by atoms with Crippen LogP contribution >= 0.6 is 0 Å². The summed E-state index contributed by atoms with van der Waals surface area (Å²) < 4.78 is 4.60. The van der Waals surface area contributed by atoms with Crippen molar-refractivity contribution in [2.75, 3.05) is 6.61 Å². The van der Waals surface area contributed by atoms with E-state index in [4.69, 9.17) is 11.6 Å². The van der Waals surface area contributed by atoms with Crippen LogP contribution in [0.5, 0.6) is 0 Å². The van der Waals surface area contributed by atoms with E-state index in [1.54, 1.807) is 0 Å². The lowest BCUT2D eigenvalue weighted by atomic mass is 9.96. The number of hydrazine groups is 1. The molecule has 5 heteroatoms. The standard InChI is InChI=1S/C8H11NO2.C6H14N2/c9-8(10)11-6-7-4-2-1-3-5-7;7-8-6-4-2-1-3-5-6/h2,4-5H,1,3,6H2,(H2,9,10);6,8H,1-5,7H2. The van der Waals surface area contributed by atoms with Crippen molar-refractivity contribution >= 4 is 6.09 Å². The minimum atomic E-state index is -0.718. The summed E-state index contributed by atoms with van der Waals surface area (Å²) in [7, 11) is 0. The first-order valence-electron chi connectivity index (χ1n) is 6.96. The van der Waals surface area contributed by atoms with Crippen LogP contribution in [-0.2, 0) is 4.74 Å². The first-order valence-corrected chi connectivity index (χ1v) is 6.96. The van der Waals surface area contributed by atoms with Crippen molar-refractivity contribution in [2.24, 2.45) is 11.6 Å². The van der Waals surface area contributed by atoms with Crippen LogP contribution in [-0.4, -0.2) is 18.7 Å². The SMILES string of the molecule is NC(=O)OCC1=CCCC=C1.NNC1CCCCC1. The van der Waals surface area contributed by atoms with Gasteiger partial charge in [0.15, 0.2) is 0 Å². The Morgan fingerprint density at radius 3 is 2.53 bits per heavy atom. The molecule has 1 amide bonds. The summed E-state index contributed by atoms with van der Waals surface area (Å²) in [6.45, 7) is 0.297. The molecule has 0 spiro atoms. The molecule has 2 rings (SSSR count). The van der Waals surface area contributed by atoms with Gasteiger partial charge in [0.05, 0.1) is 0 Å². The number of allylic oxidation sites excluding steroid dienone is 2. The Morgan fingerprint density at radius 1 is 1.32 bits per heavy atom. The lowest BCUT2D eigenvalue weighted by Gasteiger charge is -2.19. The molecule has 0 radical (unpaired) electrons. The van der Waals surface area contributed by atoms with Crippen LogP contribution in [0.3, 0.4) is 0 Å². The third kappa shape index (κ3) is 7.64. The minimum absolute atomic E-state index is 0.297. The Hall–Kier alpha value is -1.33. The average molecular weight is 267 g/mol. The van der Waals surface area contributed by atoms with Gasteiger partial charge < -0.3 is 10.5 Å². The molecule has 2 aliphatic carbocycles. The van der Waals surface area contributed by atoms with Gasteiger partial charge in [0.1, 0.15) is 6.61 Å². The normalized spacial score (nSPS) is 19.1. The Morgan fingerprint density at radius 2 is 2.05 bits per heavy atom. The molecule has 1 fully saturated rings. The predicted molar refractivity (Wildman–Crippen MR) is 76.2 cm³/mol. The molecule has 5 nitrogen and oxygen atoms in total. The van der Waals surface area contributed by atoms with Crippen molar-refractivity contribution in [1.82, 2.24) is 5.43 Å². The van der Waals surface area contributed by atoms with Crippen LogP contribution in [0.2, 0.25) is 0 Å². The highest BCUT2D eigenvalue weighted by Gasteiger charge is 2.09. The van der Waals surface area contributed by atoms with Gasteiger partial charge >= 0.3 is 6.09 Å². The topological polar surface area (TPSA) is 90.4 Å². The summed E-state index contributed by atoms with van der Waals surface area (Å²) in [6.07, 6.45) is 14.1. The van der Waals surface area contributed by atoms with Crippen LogP contribution in [0, 0.1) is 0 Å². The lowest BCUT2D eigenvalue weighted by molar-refractivity contribution is 0.167. The molecule has 0 aromatic carbocycles. The molecule has 0 aromatic rings. The maximum Gasteiger partial charge on any atom is 0.404 e. The quantitative estimate of drug-likeness (QED) is 0.540. The highest BCUT2D eigenvalue weighted by atomic mass is 16.5. The molecule has 0 atom stereocenters. The molecular weight excluding hydrogens is 242 g/mol. The van der Waals surface area contributed by atoms with Crippen LogP contribution in [0.15, 0.2) is 23.8 Å². The van der Waals surface area contributed by atoms with Gasteiger partial charge in [-0.25, -0.2) is 4.79 Å². The fourth-order valence-corrected chi connectivity index (χ4v) is 2.20. The molecule has 19 heavy (non-hydrogen) atoms. The van der Waals surface area contributed by atoms with Gasteiger partial charge in [-0.15, -0.1) is 0 Å². The summed E-state index contributed by atoms with van der Waals surface area (Å²) in [5, 5.41) is 0. The van der Waals surface area contributed by atoms with E-state index in [9.17, 15) is 4.79 Å². The fraction of sp³-hybridized carbons (Fsp3) is 0.643. The zero-order valence-corrected chi connectivity index (χ0v) is 11.4. The van der Waals surface area contributed by atoms with Gasteiger partial charge in [-0.3, -0.25) is 11.3 Å². The third-order valence-corrected chi connectivity index (χ3v) is 3.29. The fourth-order valence-electron chi connectivity index (χ4n) is 2.20. The zero-order chi connectivity index (χ0) is 13.9. The van der Waals surface area contributed by atoms with Crippen LogP contribution < -0.4 is 17.0 Å². The van der Waals surface area contributed by atoms with Crippen molar-refractivity contribution < 1.29 is 9.53 Å². The number of hydrogen-bond acceptors (Lipinski definition) is 4. The number of ether oxygens (including phenoxy) is 1. The summed E-state index contributed by atoms with van der Waals surface area (Å²) in [5.41, 5.74) is 8.62. The molecular formula is C14H25N3O2. The molecule has 0 unspecified atom stereocenters. The van der Waals surface area contributed by atoms with E-state index >= 15 is 0 Å². The van der Waals surface area contributed by atoms with Crippen molar-refractivity contribution in [1.29, 1.82) is 0 Å². The van der Waals surface area contributed by atoms with Crippen molar-refractivity contribution in [3.8, 4) is 0 Å². The zero-order valence-electron chi connectivity index (χ0n) is 11.4. The van der Waals surface area contributed by atoms with E-state index < -0.39 is 6.09 Å². The van der Waals surface area contributed by atoms with Gasteiger partial charge in [0.25, 0.3) is 0 Å². The van der Waals surface area contributed by atoms with Crippen LogP contribution in [0.1, 0.15) is 44.9 Å². The number of nitrogens with one attached hydrogen (secondary N) is 1. The maximum atomic E-state index is 10.2. The summed E-state index contributed by atoms with van der Waals surface area (Å²) in [5.74, 6) is 5.25. The van der Waals surface area contributed by atoms with Gasteiger partial charge in [-0.1, -0.05) is 37.5 Å². The average Bonchev–Trinajstić information content (AvgIpc) is 2.48. The van der Waals surface area contributed by atoms with E-state index in [-0.39, 0.29) is 0 Å². The monoisotopic (exact) mass is 267 g/mol. The van der Waals surface area contributed by atoms with Crippen molar-refractivity contribution in [3.63, 3.8) is 0 Å². The lowest BCUT2D eigenvalue weighted by Crippen LogP contribution is -2.36. The van der Waals surface area contributed by atoms with Crippen molar-refractivity contribution in [2.45, 2.75) is 51.0 Å². The summed E-state index contributed by atoms with van der Waals surface area (Å²) >= 11 is 0.